The summed E-state index contributed by atoms with van der Waals surface area (Å²) in [6, 6.07) is 17.2. The highest BCUT2D eigenvalue weighted by Gasteiger charge is 2.20. The second-order valence-corrected chi connectivity index (χ2v) is 9.26. The van der Waals surface area contributed by atoms with E-state index in [1.54, 1.807) is 62.6 Å². The van der Waals surface area contributed by atoms with Crippen molar-refractivity contribution in [3.05, 3.63) is 82.9 Å². The molecule has 1 amide bonds. The monoisotopic (exact) mass is 468 g/mol. The van der Waals surface area contributed by atoms with Gasteiger partial charge in [-0.05, 0) is 79.9 Å². The number of nitrogens with one attached hydrogen (secondary N) is 2. The highest BCUT2D eigenvalue weighted by atomic mass is 32.2. The van der Waals surface area contributed by atoms with Gasteiger partial charge in [0.15, 0.2) is 0 Å². The first-order valence-corrected chi connectivity index (χ1v) is 11.9. The molecule has 174 valence electrons. The van der Waals surface area contributed by atoms with E-state index in [1.807, 2.05) is 19.9 Å². The summed E-state index contributed by atoms with van der Waals surface area (Å²) in [6.45, 7) is 6.01. The fourth-order valence-electron chi connectivity index (χ4n) is 3.20. The summed E-state index contributed by atoms with van der Waals surface area (Å²) in [4.78, 5) is 12.6. The highest BCUT2D eigenvalue weighted by molar-refractivity contribution is 7.92. The van der Waals surface area contributed by atoms with Gasteiger partial charge in [-0.1, -0.05) is 18.2 Å². The molecule has 0 aliphatic heterocycles. The van der Waals surface area contributed by atoms with E-state index in [9.17, 15) is 13.2 Å². The standard InChI is InChI=1S/C25H28N2O5S/c1-17-6-5-7-23(19(17)3)27-33(29,30)24-16-20(9-8-18(24)2)25(28)26-14-15-32-22-12-10-21(31-4)11-13-22/h5-13,16,27H,14-15H2,1-4H3,(H,26,28). The summed E-state index contributed by atoms with van der Waals surface area (Å²) < 4.78 is 39.4. The molecule has 3 aromatic carbocycles. The molecule has 0 fully saturated rings. The second kappa shape index (κ2) is 10.4. The van der Waals surface area contributed by atoms with E-state index in [1.165, 1.54) is 6.07 Å². The smallest absolute Gasteiger partial charge is 0.262 e. The molecule has 2 N–H and O–H groups in total. The summed E-state index contributed by atoms with van der Waals surface area (Å²) >= 11 is 0. The van der Waals surface area contributed by atoms with Crippen LogP contribution in [0.25, 0.3) is 0 Å². The van der Waals surface area contributed by atoms with Crippen LogP contribution in [-0.2, 0) is 10.0 Å². The van der Waals surface area contributed by atoms with E-state index in [0.29, 0.717) is 17.0 Å². The van der Waals surface area contributed by atoms with Gasteiger partial charge in [0.1, 0.15) is 18.1 Å². The molecule has 3 aromatic rings. The average Bonchev–Trinajstić information content (AvgIpc) is 2.80. The van der Waals surface area contributed by atoms with Crippen molar-refractivity contribution in [2.45, 2.75) is 25.7 Å². The summed E-state index contributed by atoms with van der Waals surface area (Å²) in [5.41, 5.74) is 3.15. The first-order valence-electron chi connectivity index (χ1n) is 10.5. The Hall–Kier alpha value is -3.52. The van der Waals surface area contributed by atoms with E-state index in [0.717, 1.165) is 16.9 Å². The Kier molecular flexibility index (Phi) is 7.60. The molecule has 0 atom stereocenters. The predicted octanol–water partition coefficient (Wildman–Crippen LogP) is 4.23. The molecule has 0 spiro atoms. The van der Waals surface area contributed by atoms with Gasteiger partial charge < -0.3 is 14.8 Å². The van der Waals surface area contributed by atoms with Gasteiger partial charge in [-0.15, -0.1) is 0 Å². The Bertz CT molecular complexity index is 1240. The molecular formula is C25H28N2O5S. The van der Waals surface area contributed by atoms with Gasteiger partial charge in [-0.2, -0.15) is 0 Å². The van der Waals surface area contributed by atoms with Crippen LogP contribution in [0.4, 0.5) is 5.69 Å². The third-order valence-electron chi connectivity index (χ3n) is 5.30. The Morgan fingerprint density at radius 2 is 1.61 bits per heavy atom. The fraction of sp³-hybridized carbons (Fsp3) is 0.240. The maximum absolute atomic E-state index is 13.1. The zero-order valence-electron chi connectivity index (χ0n) is 19.1. The van der Waals surface area contributed by atoms with E-state index >= 15 is 0 Å². The van der Waals surface area contributed by atoms with Crippen LogP contribution in [0.3, 0.4) is 0 Å². The third-order valence-corrected chi connectivity index (χ3v) is 6.81. The molecular weight excluding hydrogens is 440 g/mol. The lowest BCUT2D eigenvalue weighted by atomic mass is 10.1. The number of methoxy groups -OCH3 is 1. The van der Waals surface area contributed by atoms with Crippen molar-refractivity contribution in [2.75, 3.05) is 25.0 Å². The number of aryl methyl sites for hydroxylation is 2. The Morgan fingerprint density at radius 3 is 2.30 bits per heavy atom. The summed E-state index contributed by atoms with van der Waals surface area (Å²) in [6.07, 6.45) is 0. The summed E-state index contributed by atoms with van der Waals surface area (Å²) in [7, 11) is -2.28. The molecule has 3 rings (SSSR count). The molecule has 0 aliphatic carbocycles. The SMILES string of the molecule is COc1ccc(OCCNC(=O)c2ccc(C)c(S(=O)(=O)Nc3cccc(C)c3C)c2)cc1. The van der Waals surface area contributed by atoms with Crippen molar-refractivity contribution in [1.82, 2.24) is 5.32 Å². The summed E-state index contributed by atoms with van der Waals surface area (Å²) in [5.74, 6) is 1.01. The van der Waals surface area contributed by atoms with Crippen LogP contribution >= 0.6 is 0 Å². The number of rotatable bonds is 9. The Morgan fingerprint density at radius 1 is 0.909 bits per heavy atom. The Balaban J connectivity index is 1.65. The van der Waals surface area contributed by atoms with Crippen LogP contribution in [0.15, 0.2) is 65.6 Å². The van der Waals surface area contributed by atoms with Crippen LogP contribution in [-0.4, -0.2) is 34.6 Å². The molecule has 8 heteroatoms. The lowest BCUT2D eigenvalue weighted by Crippen LogP contribution is -2.28. The van der Waals surface area contributed by atoms with Gasteiger partial charge in [0.2, 0.25) is 0 Å². The van der Waals surface area contributed by atoms with Crippen LogP contribution in [0, 0.1) is 20.8 Å². The first kappa shape index (κ1) is 24.1. The molecule has 0 saturated carbocycles. The fourth-order valence-corrected chi connectivity index (χ4v) is 4.59. The molecule has 0 aromatic heterocycles. The quantitative estimate of drug-likeness (QED) is 0.459. The number of carbonyl (C=O) groups excluding carboxylic acids is 1. The molecule has 0 aliphatic rings. The van der Waals surface area contributed by atoms with E-state index < -0.39 is 10.0 Å². The summed E-state index contributed by atoms with van der Waals surface area (Å²) in [5, 5.41) is 2.75. The number of hydrogen-bond acceptors (Lipinski definition) is 5. The van der Waals surface area contributed by atoms with Crippen molar-refractivity contribution in [3.8, 4) is 11.5 Å². The number of amides is 1. The molecule has 0 heterocycles. The molecule has 0 bridgehead atoms. The van der Waals surface area contributed by atoms with Crippen molar-refractivity contribution < 1.29 is 22.7 Å². The molecule has 0 saturated heterocycles. The number of sulfonamides is 1. The number of hydrogen-bond donors (Lipinski definition) is 2. The van der Waals surface area contributed by atoms with Gasteiger partial charge in [0, 0.05) is 5.56 Å². The minimum atomic E-state index is -3.87. The van der Waals surface area contributed by atoms with Gasteiger partial charge in [-0.3, -0.25) is 9.52 Å². The molecule has 0 radical (unpaired) electrons. The van der Waals surface area contributed by atoms with Crippen molar-refractivity contribution in [3.63, 3.8) is 0 Å². The lowest BCUT2D eigenvalue weighted by Gasteiger charge is -2.14. The minimum Gasteiger partial charge on any atom is -0.497 e. The minimum absolute atomic E-state index is 0.0607. The number of ether oxygens (including phenoxy) is 2. The zero-order chi connectivity index (χ0) is 24.0. The van der Waals surface area contributed by atoms with Crippen molar-refractivity contribution in [1.29, 1.82) is 0 Å². The van der Waals surface area contributed by atoms with Crippen LogP contribution in [0.2, 0.25) is 0 Å². The molecule has 7 nitrogen and oxygen atoms in total. The maximum atomic E-state index is 13.1. The van der Waals surface area contributed by atoms with Crippen molar-refractivity contribution >= 4 is 21.6 Å². The predicted molar refractivity (Wildman–Crippen MR) is 129 cm³/mol. The maximum Gasteiger partial charge on any atom is 0.262 e. The topological polar surface area (TPSA) is 93.7 Å². The average molecular weight is 469 g/mol. The largest absolute Gasteiger partial charge is 0.497 e. The van der Waals surface area contributed by atoms with Gasteiger partial charge in [0.05, 0.1) is 24.2 Å². The van der Waals surface area contributed by atoms with E-state index in [4.69, 9.17) is 9.47 Å². The second-order valence-electron chi connectivity index (χ2n) is 7.61. The lowest BCUT2D eigenvalue weighted by molar-refractivity contribution is 0.0946. The number of benzene rings is 3. The van der Waals surface area contributed by atoms with Crippen molar-refractivity contribution in [2.24, 2.45) is 0 Å². The first-order chi connectivity index (χ1) is 15.7. The molecule has 0 unspecified atom stereocenters. The van der Waals surface area contributed by atoms with E-state index in [2.05, 4.69) is 10.0 Å². The zero-order valence-corrected chi connectivity index (χ0v) is 20.0. The van der Waals surface area contributed by atoms with Gasteiger partial charge >= 0.3 is 0 Å². The number of carbonyl (C=O) groups is 1. The van der Waals surface area contributed by atoms with Crippen LogP contribution in [0.1, 0.15) is 27.0 Å². The normalized spacial score (nSPS) is 11.0. The van der Waals surface area contributed by atoms with Crippen LogP contribution in [0.5, 0.6) is 11.5 Å². The van der Waals surface area contributed by atoms with Crippen LogP contribution < -0.4 is 19.5 Å². The van der Waals surface area contributed by atoms with Gasteiger partial charge in [-0.25, -0.2) is 8.42 Å². The number of anilines is 1. The Labute approximate surface area is 194 Å². The molecule has 33 heavy (non-hydrogen) atoms. The van der Waals surface area contributed by atoms with Gasteiger partial charge in [0.25, 0.3) is 15.9 Å². The van der Waals surface area contributed by atoms with E-state index in [-0.39, 0.29) is 29.5 Å². The third kappa shape index (κ3) is 6.04. The highest BCUT2D eigenvalue weighted by Crippen LogP contribution is 2.24.